The summed E-state index contributed by atoms with van der Waals surface area (Å²) in [6.07, 6.45) is 0. The van der Waals surface area contributed by atoms with Gasteiger partial charge < -0.3 is 10.6 Å². The molecule has 1 heterocycles. The number of hydrogen-bond acceptors (Lipinski definition) is 4. The Hall–Kier alpha value is -0.700. The Morgan fingerprint density at radius 2 is 1.61 bits per heavy atom. The lowest BCUT2D eigenvalue weighted by Gasteiger charge is -2.37. The summed E-state index contributed by atoms with van der Waals surface area (Å²) in [5.41, 5.74) is 4.83. The minimum Gasteiger partial charge on any atom is -0.338 e. The van der Waals surface area contributed by atoms with Gasteiger partial charge in [0.25, 0.3) is 10.2 Å². The van der Waals surface area contributed by atoms with Gasteiger partial charge >= 0.3 is 0 Å². The normalized spacial score (nSPS) is 19.3. The minimum atomic E-state index is -3.39. The zero-order valence-corrected chi connectivity index (χ0v) is 12.2. The predicted molar refractivity (Wildman–Crippen MR) is 69.0 cm³/mol. The van der Waals surface area contributed by atoms with E-state index in [0.29, 0.717) is 26.2 Å². The van der Waals surface area contributed by atoms with E-state index in [1.807, 2.05) is 0 Å². The van der Waals surface area contributed by atoms with Gasteiger partial charge in [-0.2, -0.15) is 17.0 Å². The Balaban J connectivity index is 2.65. The zero-order valence-electron chi connectivity index (χ0n) is 11.4. The number of carbonyl (C=O) groups is 1. The van der Waals surface area contributed by atoms with Gasteiger partial charge in [-0.15, -0.1) is 0 Å². The van der Waals surface area contributed by atoms with Crippen LogP contribution in [0.3, 0.4) is 0 Å². The zero-order chi connectivity index (χ0) is 14.1. The Bertz CT molecular complexity index is 405. The van der Waals surface area contributed by atoms with Crippen LogP contribution in [0.5, 0.6) is 0 Å². The van der Waals surface area contributed by atoms with Crippen LogP contribution < -0.4 is 5.73 Å². The first-order chi connectivity index (χ1) is 8.06. The maximum Gasteiger partial charge on any atom is 0.281 e. The van der Waals surface area contributed by atoms with E-state index in [-0.39, 0.29) is 5.91 Å². The predicted octanol–water partition coefficient (Wildman–Crippen LogP) is -1.33. The van der Waals surface area contributed by atoms with Crippen LogP contribution in [0.4, 0.5) is 0 Å². The van der Waals surface area contributed by atoms with Gasteiger partial charge in [-0.05, 0) is 13.8 Å². The van der Waals surface area contributed by atoms with Crippen molar-refractivity contribution in [1.82, 2.24) is 13.5 Å². The maximum atomic E-state index is 11.9. The fourth-order valence-electron chi connectivity index (χ4n) is 1.76. The number of hydrogen-bond donors (Lipinski definition) is 1. The molecule has 0 spiro atoms. The van der Waals surface area contributed by atoms with E-state index in [9.17, 15) is 13.2 Å². The fourth-order valence-corrected chi connectivity index (χ4v) is 2.85. The molecule has 1 aliphatic heterocycles. The van der Waals surface area contributed by atoms with Gasteiger partial charge in [0.1, 0.15) is 0 Å². The molecule has 0 aliphatic carbocycles. The highest BCUT2D eigenvalue weighted by molar-refractivity contribution is 7.86. The average Bonchev–Trinajstić information content (AvgIpc) is 2.26. The van der Waals surface area contributed by atoms with Crippen LogP contribution in [0.15, 0.2) is 0 Å². The van der Waals surface area contributed by atoms with Gasteiger partial charge in [-0.25, -0.2) is 0 Å². The molecule has 0 atom stereocenters. The van der Waals surface area contributed by atoms with Gasteiger partial charge in [0.2, 0.25) is 5.91 Å². The second kappa shape index (κ2) is 5.12. The molecule has 0 unspecified atom stereocenters. The molecular weight excluding hydrogens is 256 g/mol. The Morgan fingerprint density at radius 1 is 1.17 bits per heavy atom. The van der Waals surface area contributed by atoms with E-state index < -0.39 is 15.7 Å². The smallest absolute Gasteiger partial charge is 0.281 e. The summed E-state index contributed by atoms with van der Waals surface area (Å²) in [4.78, 5) is 13.5. The van der Waals surface area contributed by atoms with Gasteiger partial charge in [-0.1, -0.05) is 0 Å². The first-order valence-electron chi connectivity index (χ1n) is 5.82. The summed E-state index contributed by atoms with van der Waals surface area (Å²) in [6, 6.07) is 0. The number of amides is 1. The van der Waals surface area contributed by atoms with Gasteiger partial charge in [0, 0.05) is 40.3 Å². The van der Waals surface area contributed by atoms with Crippen molar-refractivity contribution >= 4 is 16.1 Å². The van der Waals surface area contributed by atoms with Crippen molar-refractivity contribution < 1.29 is 13.2 Å². The third-order valence-electron chi connectivity index (χ3n) is 2.86. The molecule has 106 valence electrons. The lowest BCUT2D eigenvalue weighted by atomic mass is 10.1. The van der Waals surface area contributed by atoms with Crippen LogP contribution >= 0.6 is 0 Å². The number of rotatable bonds is 3. The van der Waals surface area contributed by atoms with Crippen LogP contribution in [0.25, 0.3) is 0 Å². The summed E-state index contributed by atoms with van der Waals surface area (Å²) in [7, 11) is -0.395. The highest BCUT2D eigenvalue weighted by atomic mass is 32.2. The standard InChI is InChI=1S/C10H22N4O3S/c1-10(2,11)9(15)13-5-7-14(8-6-13)18(16,17)12(3)4/h5-8,11H2,1-4H3. The molecule has 0 radical (unpaired) electrons. The molecule has 0 aromatic heterocycles. The molecular formula is C10H22N4O3S. The molecule has 1 saturated heterocycles. The number of nitrogens with zero attached hydrogens (tertiary/aromatic N) is 3. The lowest BCUT2D eigenvalue weighted by molar-refractivity contribution is -0.137. The van der Waals surface area contributed by atoms with Crippen LogP contribution in [0.1, 0.15) is 13.8 Å². The summed E-state index contributed by atoms with van der Waals surface area (Å²) in [5.74, 6) is -0.149. The molecule has 18 heavy (non-hydrogen) atoms. The third kappa shape index (κ3) is 3.19. The van der Waals surface area contributed by atoms with Crippen molar-refractivity contribution in [2.24, 2.45) is 5.73 Å². The Morgan fingerprint density at radius 3 is 1.94 bits per heavy atom. The minimum absolute atomic E-state index is 0.149. The van der Waals surface area contributed by atoms with Crippen LogP contribution in [0, 0.1) is 0 Å². The highest BCUT2D eigenvalue weighted by Gasteiger charge is 2.34. The number of carbonyl (C=O) groups excluding carboxylic acids is 1. The summed E-state index contributed by atoms with van der Waals surface area (Å²) in [6.45, 7) is 4.68. The first-order valence-corrected chi connectivity index (χ1v) is 7.22. The Kier molecular flexibility index (Phi) is 4.37. The topological polar surface area (TPSA) is 87.0 Å². The number of piperazine rings is 1. The molecule has 2 N–H and O–H groups in total. The SMILES string of the molecule is CN(C)S(=O)(=O)N1CCN(C(=O)C(C)(C)N)CC1. The highest BCUT2D eigenvalue weighted by Crippen LogP contribution is 2.12. The van der Waals surface area contributed by atoms with E-state index in [2.05, 4.69) is 0 Å². The molecule has 1 rings (SSSR count). The lowest BCUT2D eigenvalue weighted by Crippen LogP contribution is -2.58. The van der Waals surface area contributed by atoms with Crippen molar-refractivity contribution in [3.8, 4) is 0 Å². The van der Waals surface area contributed by atoms with Crippen molar-refractivity contribution in [2.45, 2.75) is 19.4 Å². The molecule has 1 fully saturated rings. The van der Waals surface area contributed by atoms with Crippen LogP contribution in [-0.4, -0.2) is 73.6 Å². The van der Waals surface area contributed by atoms with E-state index >= 15 is 0 Å². The maximum absolute atomic E-state index is 11.9. The van der Waals surface area contributed by atoms with Crippen molar-refractivity contribution in [1.29, 1.82) is 0 Å². The molecule has 7 nitrogen and oxygen atoms in total. The van der Waals surface area contributed by atoms with Crippen LogP contribution in [0.2, 0.25) is 0 Å². The first kappa shape index (κ1) is 15.4. The van der Waals surface area contributed by atoms with E-state index in [0.717, 1.165) is 0 Å². The van der Waals surface area contributed by atoms with Crippen molar-refractivity contribution in [3.63, 3.8) is 0 Å². The van der Waals surface area contributed by atoms with Gasteiger partial charge in [-0.3, -0.25) is 4.79 Å². The van der Waals surface area contributed by atoms with E-state index in [1.165, 1.54) is 22.7 Å². The summed E-state index contributed by atoms with van der Waals surface area (Å²) >= 11 is 0. The van der Waals surface area contributed by atoms with E-state index in [1.54, 1.807) is 18.7 Å². The summed E-state index contributed by atoms with van der Waals surface area (Å²) in [5, 5.41) is 0. The molecule has 0 bridgehead atoms. The van der Waals surface area contributed by atoms with Crippen molar-refractivity contribution in [2.75, 3.05) is 40.3 Å². The molecule has 1 amide bonds. The monoisotopic (exact) mass is 278 g/mol. The molecule has 0 aromatic carbocycles. The van der Waals surface area contributed by atoms with Crippen molar-refractivity contribution in [3.05, 3.63) is 0 Å². The average molecular weight is 278 g/mol. The van der Waals surface area contributed by atoms with Crippen LogP contribution in [-0.2, 0) is 15.0 Å². The quantitative estimate of drug-likeness (QED) is 0.693. The van der Waals surface area contributed by atoms with Gasteiger partial charge in [0.05, 0.1) is 5.54 Å². The molecule has 1 aliphatic rings. The van der Waals surface area contributed by atoms with Gasteiger partial charge in [0.15, 0.2) is 0 Å². The summed E-state index contributed by atoms with van der Waals surface area (Å²) < 4.78 is 26.3. The largest absolute Gasteiger partial charge is 0.338 e. The third-order valence-corrected chi connectivity index (χ3v) is 4.81. The fraction of sp³-hybridized carbons (Fsp3) is 0.900. The number of nitrogens with two attached hydrogens (primary N) is 1. The molecule has 0 saturated carbocycles. The molecule has 8 heteroatoms. The Labute approximate surface area is 109 Å². The van der Waals surface area contributed by atoms with E-state index in [4.69, 9.17) is 5.73 Å². The molecule has 0 aromatic rings. The second-order valence-electron chi connectivity index (χ2n) is 5.20. The second-order valence-corrected chi connectivity index (χ2v) is 7.35.